The van der Waals surface area contributed by atoms with Crippen LogP contribution in [0.4, 0.5) is 0 Å². The first-order valence-corrected chi connectivity index (χ1v) is 6.54. The van der Waals surface area contributed by atoms with Crippen molar-refractivity contribution in [2.24, 2.45) is 17.6 Å². The highest BCUT2D eigenvalue weighted by Crippen LogP contribution is 2.31. The summed E-state index contributed by atoms with van der Waals surface area (Å²) >= 11 is 0. The van der Waals surface area contributed by atoms with E-state index in [2.05, 4.69) is 0 Å². The summed E-state index contributed by atoms with van der Waals surface area (Å²) in [6, 6.07) is 0.297. The van der Waals surface area contributed by atoms with Crippen molar-refractivity contribution in [3.05, 3.63) is 0 Å². The van der Waals surface area contributed by atoms with Gasteiger partial charge in [-0.25, -0.2) is 0 Å². The van der Waals surface area contributed by atoms with E-state index in [0.717, 1.165) is 25.7 Å². The van der Waals surface area contributed by atoms with E-state index in [1.54, 1.807) is 0 Å². The molecular weight excluding hydrogens is 186 g/mol. The van der Waals surface area contributed by atoms with Crippen LogP contribution in [0.25, 0.3) is 0 Å². The van der Waals surface area contributed by atoms with E-state index in [1.807, 2.05) is 0 Å². The van der Waals surface area contributed by atoms with Crippen molar-refractivity contribution < 1.29 is 4.79 Å². The molecule has 2 rings (SSSR count). The van der Waals surface area contributed by atoms with E-state index in [1.165, 1.54) is 32.1 Å². The first kappa shape index (κ1) is 11.1. The van der Waals surface area contributed by atoms with Crippen LogP contribution in [-0.4, -0.2) is 11.8 Å². The number of Topliss-reactive ketones (excluding diaryl/α,β-unsaturated/α-hetero) is 1. The van der Waals surface area contributed by atoms with Crippen molar-refractivity contribution in [1.82, 2.24) is 0 Å². The number of nitrogens with two attached hydrogens (primary N) is 1. The number of hydrogen-bond acceptors (Lipinski definition) is 2. The predicted molar refractivity (Wildman–Crippen MR) is 61.5 cm³/mol. The quantitative estimate of drug-likeness (QED) is 0.776. The van der Waals surface area contributed by atoms with Crippen LogP contribution in [0.5, 0.6) is 0 Å². The van der Waals surface area contributed by atoms with Gasteiger partial charge in [0.2, 0.25) is 0 Å². The maximum atomic E-state index is 12.0. The molecule has 0 saturated heterocycles. The Morgan fingerprint density at radius 1 is 1.07 bits per heavy atom. The zero-order valence-electron chi connectivity index (χ0n) is 9.58. The van der Waals surface area contributed by atoms with Gasteiger partial charge in [0.1, 0.15) is 5.78 Å². The van der Waals surface area contributed by atoms with E-state index in [9.17, 15) is 4.79 Å². The number of rotatable bonds is 3. The molecule has 2 nitrogen and oxygen atoms in total. The Morgan fingerprint density at radius 3 is 2.40 bits per heavy atom. The minimum Gasteiger partial charge on any atom is -0.328 e. The first-order valence-electron chi connectivity index (χ1n) is 6.54. The SMILES string of the molecule is NC1CCC(C(=O)CC2CCCCC2)C1. The van der Waals surface area contributed by atoms with Gasteiger partial charge in [-0.05, 0) is 25.2 Å². The minimum absolute atomic E-state index is 0.297. The summed E-state index contributed by atoms with van der Waals surface area (Å²) in [7, 11) is 0. The molecule has 2 saturated carbocycles. The van der Waals surface area contributed by atoms with Crippen molar-refractivity contribution in [3.63, 3.8) is 0 Å². The maximum absolute atomic E-state index is 12.0. The summed E-state index contributed by atoms with van der Waals surface area (Å²) in [5.74, 6) is 1.51. The second-order valence-electron chi connectivity index (χ2n) is 5.44. The van der Waals surface area contributed by atoms with Crippen LogP contribution in [0.15, 0.2) is 0 Å². The second kappa shape index (κ2) is 5.11. The van der Waals surface area contributed by atoms with Gasteiger partial charge in [0.15, 0.2) is 0 Å². The van der Waals surface area contributed by atoms with Crippen LogP contribution >= 0.6 is 0 Å². The summed E-state index contributed by atoms with van der Waals surface area (Å²) < 4.78 is 0. The van der Waals surface area contributed by atoms with Gasteiger partial charge < -0.3 is 5.73 Å². The summed E-state index contributed by atoms with van der Waals surface area (Å²) in [6.07, 6.45) is 10.5. The highest BCUT2D eigenvalue weighted by atomic mass is 16.1. The topological polar surface area (TPSA) is 43.1 Å². The van der Waals surface area contributed by atoms with E-state index in [0.29, 0.717) is 23.7 Å². The third-order valence-corrected chi connectivity index (χ3v) is 4.14. The van der Waals surface area contributed by atoms with Crippen LogP contribution in [-0.2, 0) is 4.79 Å². The van der Waals surface area contributed by atoms with Gasteiger partial charge in [-0.15, -0.1) is 0 Å². The molecule has 2 fully saturated rings. The van der Waals surface area contributed by atoms with E-state index < -0.39 is 0 Å². The molecule has 0 aromatic rings. The van der Waals surface area contributed by atoms with E-state index in [4.69, 9.17) is 5.73 Å². The average molecular weight is 209 g/mol. The van der Waals surface area contributed by atoms with Crippen molar-refractivity contribution in [2.45, 2.75) is 63.8 Å². The Bertz CT molecular complexity index is 221. The van der Waals surface area contributed by atoms with Crippen molar-refractivity contribution in [3.8, 4) is 0 Å². The Kier molecular flexibility index (Phi) is 3.79. The third kappa shape index (κ3) is 3.04. The fourth-order valence-corrected chi connectivity index (χ4v) is 3.15. The number of ketones is 1. The van der Waals surface area contributed by atoms with Crippen LogP contribution in [0.3, 0.4) is 0 Å². The highest BCUT2D eigenvalue weighted by Gasteiger charge is 2.29. The zero-order chi connectivity index (χ0) is 10.7. The second-order valence-corrected chi connectivity index (χ2v) is 5.44. The minimum atomic E-state index is 0.297. The molecule has 0 bridgehead atoms. The maximum Gasteiger partial charge on any atom is 0.136 e. The smallest absolute Gasteiger partial charge is 0.136 e. The lowest BCUT2D eigenvalue weighted by Crippen LogP contribution is -2.20. The predicted octanol–water partition coefficient (Wildman–Crippen LogP) is 2.65. The highest BCUT2D eigenvalue weighted by molar-refractivity contribution is 5.81. The molecule has 0 aliphatic heterocycles. The Morgan fingerprint density at radius 2 is 1.80 bits per heavy atom. The van der Waals surface area contributed by atoms with Gasteiger partial charge in [0, 0.05) is 18.4 Å². The Labute approximate surface area is 92.6 Å². The van der Waals surface area contributed by atoms with Gasteiger partial charge in [-0.2, -0.15) is 0 Å². The molecule has 0 heterocycles. The van der Waals surface area contributed by atoms with Crippen molar-refractivity contribution in [1.29, 1.82) is 0 Å². The molecule has 15 heavy (non-hydrogen) atoms. The molecule has 2 aliphatic rings. The van der Waals surface area contributed by atoms with Crippen LogP contribution < -0.4 is 5.73 Å². The van der Waals surface area contributed by atoms with Gasteiger partial charge in [0.05, 0.1) is 0 Å². The monoisotopic (exact) mass is 209 g/mol. The molecule has 0 aromatic carbocycles. The average Bonchev–Trinajstić information content (AvgIpc) is 2.66. The van der Waals surface area contributed by atoms with E-state index >= 15 is 0 Å². The normalized spacial score (nSPS) is 33.1. The molecule has 2 atom stereocenters. The summed E-state index contributed by atoms with van der Waals surface area (Å²) in [5, 5.41) is 0. The number of hydrogen-bond donors (Lipinski definition) is 1. The lowest BCUT2D eigenvalue weighted by atomic mass is 9.83. The number of carbonyl (C=O) groups excluding carboxylic acids is 1. The van der Waals surface area contributed by atoms with Gasteiger partial charge >= 0.3 is 0 Å². The van der Waals surface area contributed by atoms with Crippen LogP contribution in [0, 0.1) is 11.8 Å². The number of carbonyl (C=O) groups is 1. The molecule has 0 spiro atoms. The molecule has 2 unspecified atom stereocenters. The van der Waals surface area contributed by atoms with Gasteiger partial charge in [0.25, 0.3) is 0 Å². The molecule has 0 aromatic heterocycles. The lowest BCUT2D eigenvalue weighted by Gasteiger charge is -2.22. The molecule has 2 aliphatic carbocycles. The summed E-state index contributed by atoms with van der Waals surface area (Å²) in [6.45, 7) is 0. The lowest BCUT2D eigenvalue weighted by molar-refractivity contribution is -0.123. The fourth-order valence-electron chi connectivity index (χ4n) is 3.15. The summed E-state index contributed by atoms with van der Waals surface area (Å²) in [5.41, 5.74) is 5.84. The fraction of sp³-hybridized carbons (Fsp3) is 0.923. The van der Waals surface area contributed by atoms with Gasteiger partial charge in [-0.3, -0.25) is 4.79 Å². The molecule has 2 heteroatoms. The molecular formula is C13H23NO. The van der Waals surface area contributed by atoms with Crippen LogP contribution in [0.2, 0.25) is 0 Å². The van der Waals surface area contributed by atoms with Crippen molar-refractivity contribution >= 4 is 5.78 Å². The Hall–Kier alpha value is -0.370. The van der Waals surface area contributed by atoms with Gasteiger partial charge in [-0.1, -0.05) is 32.1 Å². The first-order chi connectivity index (χ1) is 7.25. The molecule has 2 N–H and O–H groups in total. The molecule has 86 valence electrons. The zero-order valence-corrected chi connectivity index (χ0v) is 9.58. The largest absolute Gasteiger partial charge is 0.328 e. The Balaban J connectivity index is 1.76. The standard InChI is InChI=1S/C13H23NO/c14-12-7-6-11(9-12)13(15)8-10-4-2-1-3-5-10/h10-12H,1-9,14H2. The van der Waals surface area contributed by atoms with Crippen molar-refractivity contribution in [2.75, 3.05) is 0 Å². The van der Waals surface area contributed by atoms with E-state index in [-0.39, 0.29) is 0 Å². The molecule has 0 radical (unpaired) electrons. The van der Waals surface area contributed by atoms with Crippen LogP contribution in [0.1, 0.15) is 57.8 Å². The molecule has 0 amide bonds. The summed E-state index contributed by atoms with van der Waals surface area (Å²) in [4.78, 5) is 12.0. The third-order valence-electron chi connectivity index (χ3n) is 4.14.